The third kappa shape index (κ3) is 4.42. The van der Waals surface area contributed by atoms with Gasteiger partial charge in [-0.15, -0.1) is 0 Å². The number of hydrogen-bond acceptors (Lipinski definition) is 5. The summed E-state index contributed by atoms with van der Waals surface area (Å²) < 4.78 is 15.8. The van der Waals surface area contributed by atoms with Gasteiger partial charge in [0.25, 0.3) is 0 Å². The highest BCUT2D eigenvalue weighted by Crippen LogP contribution is 2.45. The molecule has 1 fully saturated rings. The number of fused-ring (bicyclic) bond motifs is 2. The number of carbonyl (C=O) groups excluding carboxylic acids is 2. The van der Waals surface area contributed by atoms with E-state index in [1.165, 1.54) is 5.57 Å². The molecule has 0 aromatic carbocycles. The zero-order valence-electron chi connectivity index (χ0n) is 14.4. The van der Waals surface area contributed by atoms with Crippen molar-refractivity contribution in [3.8, 4) is 0 Å². The molecule has 0 amide bonds. The first-order valence-corrected chi connectivity index (χ1v) is 8.48. The Balaban J connectivity index is 2.21. The average molecular weight is 324 g/mol. The van der Waals surface area contributed by atoms with Crippen LogP contribution in [-0.2, 0) is 23.8 Å². The summed E-state index contributed by atoms with van der Waals surface area (Å²) in [7, 11) is 1.55. The first-order valence-electron chi connectivity index (χ1n) is 8.48. The Labute approximate surface area is 138 Å². The molecule has 0 aromatic heterocycles. The molecule has 0 unspecified atom stereocenters. The van der Waals surface area contributed by atoms with E-state index in [-0.39, 0.29) is 36.3 Å². The molecule has 5 nitrogen and oxygen atoms in total. The van der Waals surface area contributed by atoms with Crippen molar-refractivity contribution in [2.24, 2.45) is 11.3 Å². The molecule has 2 rings (SSSR count). The van der Waals surface area contributed by atoms with Crippen LogP contribution in [0.3, 0.4) is 0 Å². The van der Waals surface area contributed by atoms with Gasteiger partial charge < -0.3 is 14.2 Å². The van der Waals surface area contributed by atoms with Crippen LogP contribution in [-0.4, -0.2) is 38.4 Å². The van der Waals surface area contributed by atoms with Crippen molar-refractivity contribution in [1.29, 1.82) is 0 Å². The second-order valence-corrected chi connectivity index (χ2v) is 6.83. The molecule has 0 spiro atoms. The fourth-order valence-corrected chi connectivity index (χ4v) is 3.80. The van der Waals surface area contributed by atoms with E-state index in [1.54, 1.807) is 14.0 Å². The molecule has 130 valence electrons. The minimum absolute atomic E-state index is 0.0264. The summed E-state index contributed by atoms with van der Waals surface area (Å²) in [6.07, 6.45) is 6.26. The average Bonchev–Trinajstić information content (AvgIpc) is 2.51. The van der Waals surface area contributed by atoms with E-state index >= 15 is 0 Å². The molecule has 2 aliphatic carbocycles. The lowest BCUT2D eigenvalue weighted by atomic mass is 9.65. The quantitative estimate of drug-likeness (QED) is 0.427. The van der Waals surface area contributed by atoms with Crippen LogP contribution in [0.25, 0.3) is 0 Å². The molecule has 2 bridgehead atoms. The summed E-state index contributed by atoms with van der Waals surface area (Å²) in [4.78, 5) is 24.9. The third-order valence-electron chi connectivity index (χ3n) is 4.96. The van der Waals surface area contributed by atoms with Crippen LogP contribution < -0.4 is 0 Å². The molecule has 2 aliphatic rings. The standard InChI is InChI=1S/C18H28O5/c1-4-22-15(19)10-14-8-7-13-6-5-9-18(2,11-13)17(16(14)20)23-12-21-3/h6,14,17H,4-5,7-12H2,1-3H3/t14-,17-,18+/m0/s1. The highest BCUT2D eigenvalue weighted by molar-refractivity contribution is 5.89. The van der Waals surface area contributed by atoms with Gasteiger partial charge in [0.05, 0.1) is 13.0 Å². The largest absolute Gasteiger partial charge is 0.466 e. The fraction of sp³-hybridized carbons (Fsp3) is 0.778. The van der Waals surface area contributed by atoms with Crippen LogP contribution in [0.15, 0.2) is 11.6 Å². The predicted octanol–water partition coefficient (Wildman–Crippen LogP) is 3.02. The van der Waals surface area contributed by atoms with Gasteiger partial charge in [0.15, 0.2) is 5.78 Å². The van der Waals surface area contributed by atoms with Crippen molar-refractivity contribution >= 4 is 11.8 Å². The van der Waals surface area contributed by atoms with Gasteiger partial charge in [0.1, 0.15) is 12.9 Å². The van der Waals surface area contributed by atoms with E-state index in [4.69, 9.17) is 14.2 Å². The smallest absolute Gasteiger partial charge is 0.306 e. The molecule has 0 radical (unpaired) electrons. The minimum atomic E-state index is -0.522. The second kappa shape index (κ2) is 8.06. The number of allylic oxidation sites excluding steroid dienone is 2. The molecule has 5 heteroatoms. The topological polar surface area (TPSA) is 61.8 Å². The molecule has 0 aromatic rings. The number of ether oxygens (including phenoxy) is 3. The number of esters is 1. The molecule has 23 heavy (non-hydrogen) atoms. The Kier molecular flexibility index (Phi) is 6.36. The van der Waals surface area contributed by atoms with Crippen molar-refractivity contribution < 1.29 is 23.8 Å². The maximum absolute atomic E-state index is 13.0. The molecular weight excluding hydrogens is 296 g/mol. The Morgan fingerprint density at radius 1 is 1.43 bits per heavy atom. The van der Waals surface area contributed by atoms with Gasteiger partial charge in [-0.3, -0.25) is 9.59 Å². The maximum atomic E-state index is 13.0. The van der Waals surface area contributed by atoms with E-state index in [1.807, 2.05) is 0 Å². The Bertz CT molecular complexity index is 470. The van der Waals surface area contributed by atoms with Crippen molar-refractivity contribution in [3.05, 3.63) is 11.6 Å². The lowest BCUT2D eigenvalue weighted by Gasteiger charge is -2.42. The van der Waals surface area contributed by atoms with Crippen LogP contribution in [0.1, 0.15) is 52.4 Å². The van der Waals surface area contributed by atoms with E-state index < -0.39 is 6.10 Å². The van der Waals surface area contributed by atoms with Crippen LogP contribution in [0, 0.1) is 11.3 Å². The molecule has 0 aliphatic heterocycles. The van der Waals surface area contributed by atoms with Crippen LogP contribution in [0.4, 0.5) is 0 Å². The summed E-state index contributed by atoms with van der Waals surface area (Å²) in [6.45, 7) is 4.33. The van der Waals surface area contributed by atoms with E-state index in [0.29, 0.717) is 13.0 Å². The van der Waals surface area contributed by atoms with Gasteiger partial charge in [-0.2, -0.15) is 0 Å². The lowest BCUT2D eigenvalue weighted by molar-refractivity contribution is -0.163. The highest BCUT2D eigenvalue weighted by Gasteiger charge is 2.45. The monoisotopic (exact) mass is 324 g/mol. The predicted molar refractivity (Wildman–Crippen MR) is 85.8 cm³/mol. The maximum Gasteiger partial charge on any atom is 0.306 e. The minimum Gasteiger partial charge on any atom is -0.466 e. The number of methoxy groups -OCH3 is 1. The second-order valence-electron chi connectivity index (χ2n) is 6.83. The number of rotatable bonds is 6. The number of Topliss-reactive ketones (excluding diaryl/α,β-unsaturated/α-hetero) is 1. The molecule has 0 saturated heterocycles. The summed E-state index contributed by atoms with van der Waals surface area (Å²) in [5, 5.41) is 0. The van der Waals surface area contributed by atoms with Crippen LogP contribution in [0.2, 0.25) is 0 Å². The van der Waals surface area contributed by atoms with Gasteiger partial charge >= 0.3 is 5.97 Å². The van der Waals surface area contributed by atoms with E-state index in [2.05, 4.69) is 13.0 Å². The van der Waals surface area contributed by atoms with Crippen LogP contribution >= 0.6 is 0 Å². The van der Waals surface area contributed by atoms with Gasteiger partial charge in [-0.05, 0) is 39.0 Å². The lowest BCUT2D eigenvalue weighted by Crippen LogP contribution is -2.47. The Hall–Kier alpha value is -1.20. The Morgan fingerprint density at radius 2 is 2.22 bits per heavy atom. The summed E-state index contributed by atoms with van der Waals surface area (Å²) in [5.74, 6) is -0.614. The zero-order chi connectivity index (χ0) is 16.9. The van der Waals surface area contributed by atoms with E-state index in [9.17, 15) is 9.59 Å². The first-order chi connectivity index (χ1) is 11.0. The number of hydrogen-bond donors (Lipinski definition) is 0. The van der Waals surface area contributed by atoms with Gasteiger partial charge in [0, 0.05) is 18.4 Å². The van der Waals surface area contributed by atoms with Crippen molar-refractivity contribution in [3.63, 3.8) is 0 Å². The molecule has 0 N–H and O–H groups in total. The number of ketones is 1. The van der Waals surface area contributed by atoms with Crippen LogP contribution in [0.5, 0.6) is 0 Å². The molecule has 0 heterocycles. The molecular formula is C18H28O5. The summed E-state index contributed by atoms with van der Waals surface area (Å²) in [5.41, 5.74) is 1.17. The van der Waals surface area contributed by atoms with Crippen molar-refractivity contribution in [2.75, 3.05) is 20.5 Å². The fourth-order valence-electron chi connectivity index (χ4n) is 3.80. The first kappa shape index (κ1) is 18.1. The van der Waals surface area contributed by atoms with Crippen molar-refractivity contribution in [2.45, 2.75) is 58.5 Å². The molecule has 3 atom stereocenters. The van der Waals surface area contributed by atoms with E-state index in [0.717, 1.165) is 25.7 Å². The number of carbonyl (C=O) groups is 2. The third-order valence-corrected chi connectivity index (χ3v) is 4.96. The van der Waals surface area contributed by atoms with Gasteiger partial charge in [0.2, 0.25) is 0 Å². The zero-order valence-corrected chi connectivity index (χ0v) is 14.4. The Morgan fingerprint density at radius 3 is 2.91 bits per heavy atom. The SMILES string of the molecule is CCOC(=O)C[C@@H]1CCC2=CCC[C@](C)(C2)[C@@H](OCOC)C1=O. The highest BCUT2D eigenvalue weighted by atomic mass is 16.7. The summed E-state index contributed by atoms with van der Waals surface area (Å²) >= 11 is 0. The van der Waals surface area contributed by atoms with Gasteiger partial charge in [-0.25, -0.2) is 0 Å². The van der Waals surface area contributed by atoms with Crippen molar-refractivity contribution in [1.82, 2.24) is 0 Å². The summed E-state index contributed by atoms with van der Waals surface area (Å²) in [6, 6.07) is 0. The normalized spacial score (nSPS) is 31.1. The van der Waals surface area contributed by atoms with Gasteiger partial charge in [-0.1, -0.05) is 18.6 Å². The molecule has 1 saturated carbocycles.